The Morgan fingerprint density at radius 3 is 2.38 bits per heavy atom. The van der Waals surface area contributed by atoms with Crippen LogP contribution >= 0.6 is 0 Å². The summed E-state index contributed by atoms with van der Waals surface area (Å²) in [5.41, 5.74) is 2.51. The van der Waals surface area contributed by atoms with E-state index in [0.29, 0.717) is 0 Å². The summed E-state index contributed by atoms with van der Waals surface area (Å²) >= 11 is -1.55. The van der Waals surface area contributed by atoms with Gasteiger partial charge in [0.15, 0.2) is 0 Å². The Balaban J connectivity index is 2.51. The van der Waals surface area contributed by atoms with Crippen LogP contribution in [0.2, 0.25) is 19.3 Å². The number of aromatic nitrogens is 1. The standard InChI is InChI=1S/C8H10N.3CH3.Sn/c1-3-8-5-4-7(2)9-6-8;;;;/h4-6H,1,3H2,2H3;3*1H3;. The summed E-state index contributed by atoms with van der Waals surface area (Å²) in [6.07, 6.45) is 3.25. The van der Waals surface area contributed by atoms with Crippen molar-refractivity contribution in [1.82, 2.24) is 4.98 Å². The van der Waals surface area contributed by atoms with Gasteiger partial charge in [-0.3, -0.25) is 0 Å². The molecular weight excluding hydrogens is 265 g/mol. The summed E-state index contributed by atoms with van der Waals surface area (Å²) < 4.78 is 1.43. The van der Waals surface area contributed by atoms with Crippen molar-refractivity contribution in [2.24, 2.45) is 0 Å². The fourth-order valence-corrected chi connectivity index (χ4v) is 4.13. The Labute approximate surface area is 85.5 Å². The second kappa shape index (κ2) is 4.45. The molecule has 0 aliphatic carbocycles. The third-order valence-corrected chi connectivity index (χ3v) is 7.13. The van der Waals surface area contributed by atoms with Gasteiger partial charge in [0.25, 0.3) is 0 Å². The van der Waals surface area contributed by atoms with Crippen LogP contribution in [0.5, 0.6) is 0 Å². The molecule has 0 aliphatic rings. The van der Waals surface area contributed by atoms with Gasteiger partial charge in [-0.2, -0.15) is 0 Å². The predicted octanol–water partition coefficient (Wildman–Crippen LogP) is 3.27. The Bertz CT molecular complexity index is 258. The molecule has 1 aromatic rings. The van der Waals surface area contributed by atoms with E-state index in [4.69, 9.17) is 0 Å². The molecule has 1 heterocycles. The first-order valence-electron chi connectivity index (χ1n) is 4.89. The zero-order valence-electron chi connectivity index (χ0n) is 9.09. The van der Waals surface area contributed by atoms with Crippen molar-refractivity contribution in [3.8, 4) is 0 Å². The van der Waals surface area contributed by atoms with Gasteiger partial charge >= 0.3 is 85.5 Å². The third kappa shape index (κ3) is 4.65. The van der Waals surface area contributed by atoms with E-state index in [9.17, 15) is 0 Å². The predicted molar refractivity (Wildman–Crippen MR) is 60.8 cm³/mol. The summed E-state index contributed by atoms with van der Waals surface area (Å²) in [5.74, 6) is 0. The van der Waals surface area contributed by atoms with Crippen molar-refractivity contribution in [2.75, 3.05) is 0 Å². The Morgan fingerprint density at radius 2 is 1.92 bits per heavy atom. The summed E-state index contributed by atoms with van der Waals surface area (Å²) in [6, 6.07) is 4.31. The number of hydrogen-bond acceptors (Lipinski definition) is 1. The van der Waals surface area contributed by atoms with Crippen molar-refractivity contribution >= 4 is 18.4 Å². The van der Waals surface area contributed by atoms with E-state index in [1.807, 2.05) is 13.1 Å². The van der Waals surface area contributed by atoms with Crippen LogP contribution in [-0.4, -0.2) is 23.4 Å². The van der Waals surface area contributed by atoms with Crippen LogP contribution in [0.4, 0.5) is 0 Å². The average Bonchev–Trinajstić information content (AvgIpc) is 2.02. The van der Waals surface area contributed by atoms with Gasteiger partial charge in [0, 0.05) is 0 Å². The molecule has 0 radical (unpaired) electrons. The molecule has 1 rings (SSSR count). The number of aryl methyl sites for hydroxylation is 2. The van der Waals surface area contributed by atoms with Crippen molar-refractivity contribution in [3.63, 3.8) is 0 Å². The fourth-order valence-electron chi connectivity index (χ4n) is 1.17. The van der Waals surface area contributed by atoms with Crippen LogP contribution in [0.15, 0.2) is 18.3 Å². The van der Waals surface area contributed by atoms with Crippen molar-refractivity contribution in [1.29, 1.82) is 0 Å². The van der Waals surface area contributed by atoms with Crippen molar-refractivity contribution in [2.45, 2.75) is 32.6 Å². The van der Waals surface area contributed by atoms with Crippen molar-refractivity contribution in [3.05, 3.63) is 29.6 Å². The van der Waals surface area contributed by atoms with Gasteiger partial charge in [-0.05, 0) is 0 Å². The maximum atomic E-state index is 4.30. The number of nitrogens with zero attached hydrogens (tertiary/aromatic N) is 1. The van der Waals surface area contributed by atoms with Crippen LogP contribution in [0, 0.1) is 6.92 Å². The Morgan fingerprint density at radius 1 is 1.23 bits per heavy atom. The number of pyridine rings is 1. The molecule has 0 unspecified atom stereocenters. The first kappa shape index (κ1) is 11.0. The minimum atomic E-state index is -1.55. The van der Waals surface area contributed by atoms with E-state index in [1.165, 1.54) is 16.4 Å². The molecule has 0 fully saturated rings. The number of rotatable bonds is 3. The first-order valence-corrected chi connectivity index (χ1v) is 15.5. The maximum absolute atomic E-state index is 4.30. The molecule has 0 aromatic carbocycles. The van der Waals surface area contributed by atoms with Gasteiger partial charge < -0.3 is 0 Å². The summed E-state index contributed by atoms with van der Waals surface area (Å²) in [7, 11) is 0. The molecule has 2 heteroatoms. The molecule has 0 spiro atoms. The van der Waals surface area contributed by atoms with Crippen LogP contribution in [0.1, 0.15) is 11.3 Å². The van der Waals surface area contributed by atoms with E-state index in [2.05, 4.69) is 31.9 Å². The molecule has 1 aromatic heterocycles. The average molecular weight is 284 g/mol. The molecule has 0 atom stereocenters. The third-order valence-electron chi connectivity index (χ3n) is 2.14. The molecule has 0 saturated heterocycles. The summed E-state index contributed by atoms with van der Waals surface area (Å²) in [6.45, 7) is 2.03. The molecule has 0 saturated carbocycles. The van der Waals surface area contributed by atoms with Crippen LogP contribution in [0.25, 0.3) is 0 Å². The van der Waals surface area contributed by atoms with Gasteiger partial charge in [-0.1, -0.05) is 0 Å². The second-order valence-corrected chi connectivity index (χ2v) is 20.9. The normalized spacial score (nSPS) is 11.7. The van der Waals surface area contributed by atoms with Crippen LogP contribution < -0.4 is 0 Å². The van der Waals surface area contributed by atoms with Gasteiger partial charge in [-0.25, -0.2) is 0 Å². The topological polar surface area (TPSA) is 12.9 Å². The van der Waals surface area contributed by atoms with E-state index >= 15 is 0 Å². The van der Waals surface area contributed by atoms with Gasteiger partial charge in [-0.15, -0.1) is 0 Å². The molecule has 72 valence electrons. The Hall–Kier alpha value is -0.0513. The molecule has 0 N–H and O–H groups in total. The van der Waals surface area contributed by atoms with Gasteiger partial charge in [0.05, 0.1) is 0 Å². The van der Waals surface area contributed by atoms with E-state index in [0.717, 1.165) is 5.69 Å². The van der Waals surface area contributed by atoms with E-state index in [1.54, 1.807) is 0 Å². The SMILES string of the molecule is Cc1ccc(C[CH2][Sn]([CH3])([CH3])[CH3])cn1. The summed E-state index contributed by atoms with van der Waals surface area (Å²) in [5, 5.41) is 0. The monoisotopic (exact) mass is 285 g/mol. The van der Waals surface area contributed by atoms with Gasteiger partial charge in [0.2, 0.25) is 0 Å². The van der Waals surface area contributed by atoms with Gasteiger partial charge in [0.1, 0.15) is 0 Å². The van der Waals surface area contributed by atoms with E-state index in [-0.39, 0.29) is 0 Å². The van der Waals surface area contributed by atoms with Crippen LogP contribution in [-0.2, 0) is 6.42 Å². The molecule has 0 bridgehead atoms. The molecule has 0 amide bonds. The zero-order chi connectivity index (χ0) is 9.90. The Kier molecular flexibility index (Phi) is 3.77. The fraction of sp³-hybridized carbons (Fsp3) is 0.545. The first-order chi connectivity index (χ1) is 5.97. The summed E-state index contributed by atoms with van der Waals surface area (Å²) in [4.78, 5) is 11.8. The minimum absolute atomic E-state index is 1.11. The second-order valence-electron chi connectivity index (χ2n) is 4.87. The van der Waals surface area contributed by atoms with Crippen molar-refractivity contribution < 1.29 is 0 Å². The zero-order valence-corrected chi connectivity index (χ0v) is 11.9. The molecule has 1 nitrogen and oxygen atoms in total. The van der Waals surface area contributed by atoms with Crippen LogP contribution in [0.3, 0.4) is 0 Å². The molecule has 13 heavy (non-hydrogen) atoms. The molecular formula is C11H19NSn. The quantitative estimate of drug-likeness (QED) is 0.776. The number of hydrogen-bond donors (Lipinski definition) is 0. The molecule has 0 aliphatic heterocycles. The van der Waals surface area contributed by atoms with E-state index < -0.39 is 18.4 Å².